The lowest BCUT2D eigenvalue weighted by Crippen LogP contribution is -2.05. The fraction of sp³-hybridized carbons (Fsp3) is 0.312. The van der Waals surface area contributed by atoms with Gasteiger partial charge in [0.15, 0.2) is 5.78 Å². The van der Waals surface area contributed by atoms with Gasteiger partial charge in [-0.2, -0.15) is 0 Å². The van der Waals surface area contributed by atoms with Gasteiger partial charge in [-0.1, -0.05) is 30.4 Å². The normalized spacial score (nSPS) is 14.9. The summed E-state index contributed by atoms with van der Waals surface area (Å²) in [5.41, 5.74) is 3.21. The highest BCUT2D eigenvalue weighted by Gasteiger charge is 2.13. The third kappa shape index (κ3) is 3.08. The van der Waals surface area contributed by atoms with Crippen LogP contribution in [0.3, 0.4) is 0 Å². The second-order valence-electron chi connectivity index (χ2n) is 4.64. The molecule has 0 atom stereocenters. The van der Waals surface area contributed by atoms with Crippen molar-refractivity contribution in [2.45, 2.75) is 32.6 Å². The molecule has 1 nitrogen and oxygen atoms in total. The third-order valence-corrected chi connectivity index (χ3v) is 4.23. The molecule has 0 saturated carbocycles. The van der Waals surface area contributed by atoms with E-state index in [2.05, 4.69) is 25.6 Å². The van der Waals surface area contributed by atoms with Gasteiger partial charge in [-0.25, -0.2) is 0 Å². The van der Waals surface area contributed by atoms with Crippen molar-refractivity contribution in [2.24, 2.45) is 0 Å². The number of thiophene rings is 1. The van der Waals surface area contributed by atoms with Gasteiger partial charge in [0.2, 0.25) is 0 Å². The van der Waals surface area contributed by atoms with Gasteiger partial charge >= 0.3 is 0 Å². The van der Waals surface area contributed by atoms with E-state index < -0.39 is 0 Å². The molecule has 0 aromatic carbocycles. The Kier molecular flexibility index (Phi) is 4.32. The number of rotatable bonds is 5. The van der Waals surface area contributed by atoms with Crippen molar-refractivity contribution < 1.29 is 4.79 Å². The van der Waals surface area contributed by atoms with E-state index in [9.17, 15) is 4.79 Å². The van der Waals surface area contributed by atoms with Gasteiger partial charge in [0, 0.05) is 16.9 Å². The Morgan fingerprint density at radius 3 is 2.94 bits per heavy atom. The van der Waals surface area contributed by atoms with Gasteiger partial charge in [0.1, 0.15) is 0 Å². The molecule has 1 aromatic heterocycles. The minimum atomic E-state index is 0.251. The van der Waals surface area contributed by atoms with Crippen LogP contribution in [0.5, 0.6) is 0 Å². The molecular formula is C16H18OS. The average Bonchev–Trinajstić information content (AvgIpc) is 2.90. The molecule has 94 valence electrons. The lowest BCUT2D eigenvalue weighted by atomic mass is 9.93. The molecule has 0 bridgehead atoms. The zero-order valence-electron chi connectivity index (χ0n) is 10.7. The van der Waals surface area contributed by atoms with Crippen molar-refractivity contribution in [1.82, 2.24) is 0 Å². The molecule has 0 fully saturated rings. The number of ketones is 1. The van der Waals surface area contributed by atoms with Crippen LogP contribution in [0.4, 0.5) is 0 Å². The molecule has 0 N–H and O–H groups in total. The smallest absolute Gasteiger partial charge is 0.163 e. The first kappa shape index (κ1) is 13.0. The Morgan fingerprint density at radius 1 is 1.44 bits per heavy atom. The van der Waals surface area contributed by atoms with E-state index in [0.717, 1.165) is 30.4 Å². The molecular weight excluding hydrogens is 240 g/mol. The fourth-order valence-corrected chi connectivity index (χ4v) is 2.84. The van der Waals surface area contributed by atoms with E-state index in [-0.39, 0.29) is 5.78 Å². The van der Waals surface area contributed by atoms with E-state index >= 15 is 0 Å². The Labute approximate surface area is 113 Å². The maximum absolute atomic E-state index is 12.1. The topological polar surface area (TPSA) is 17.1 Å². The third-order valence-electron chi connectivity index (χ3n) is 3.25. The molecule has 1 heterocycles. The largest absolute Gasteiger partial charge is 0.294 e. The van der Waals surface area contributed by atoms with E-state index in [1.165, 1.54) is 10.5 Å². The summed E-state index contributed by atoms with van der Waals surface area (Å²) in [5.74, 6) is 0.251. The van der Waals surface area contributed by atoms with Crippen molar-refractivity contribution in [3.8, 4) is 0 Å². The number of hydrogen-bond acceptors (Lipinski definition) is 2. The molecule has 2 heteroatoms. The Bertz CT molecular complexity index is 503. The summed E-state index contributed by atoms with van der Waals surface area (Å²) in [5, 5.41) is 2.04. The molecule has 0 unspecified atom stereocenters. The minimum Gasteiger partial charge on any atom is -0.294 e. The lowest BCUT2D eigenvalue weighted by molar-refractivity contribution is -0.115. The number of carbonyl (C=O) groups is 1. The maximum Gasteiger partial charge on any atom is 0.163 e. The predicted molar refractivity (Wildman–Crippen MR) is 78.7 cm³/mol. The van der Waals surface area contributed by atoms with Gasteiger partial charge < -0.3 is 0 Å². The Morgan fingerprint density at radius 2 is 2.28 bits per heavy atom. The second-order valence-corrected chi connectivity index (χ2v) is 5.59. The van der Waals surface area contributed by atoms with Gasteiger partial charge in [0.05, 0.1) is 0 Å². The summed E-state index contributed by atoms with van der Waals surface area (Å²) in [6, 6.07) is 4.08. The van der Waals surface area contributed by atoms with Gasteiger partial charge in [0.25, 0.3) is 0 Å². The predicted octanol–water partition coefficient (Wildman–Crippen LogP) is 4.78. The summed E-state index contributed by atoms with van der Waals surface area (Å²) in [6.45, 7) is 6.12. The zero-order valence-corrected chi connectivity index (χ0v) is 11.6. The molecule has 0 radical (unpaired) electrons. The van der Waals surface area contributed by atoms with Gasteiger partial charge in [-0.15, -0.1) is 11.3 Å². The molecule has 1 aromatic rings. The van der Waals surface area contributed by atoms with Crippen molar-refractivity contribution in [1.29, 1.82) is 0 Å². The van der Waals surface area contributed by atoms with Crippen LogP contribution in [0.1, 0.15) is 37.5 Å². The molecule has 18 heavy (non-hydrogen) atoms. The standard InChI is InChI=1S/C16H18OS/c1-12-6-3-4-7-14(12)15(17)10-9-13(2)16-8-5-11-18-16/h4-5,7-8,11H,2-3,6,9-10H2,1H3. The average molecular weight is 258 g/mol. The summed E-state index contributed by atoms with van der Waals surface area (Å²) >= 11 is 1.68. The monoisotopic (exact) mass is 258 g/mol. The lowest BCUT2D eigenvalue weighted by Gasteiger charge is -2.11. The van der Waals surface area contributed by atoms with Crippen molar-refractivity contribution >= 4 is 22.7 Å². The highest BCUT2D eigenvalue weighted by molar-refractivity contribution is 7.11. The first-order valence-corrected chi connectivity index (χ1v) is 7.17. The second kappa shape index (κ2) is 5.96. The van der Waals surface area contributed by atoms with Crippen LogP contribution in [0, 0.1) is 0 Å². The van der Waals surface area contributed by atoms with Crippen molar-refractivity contribution in [3.05, 3.63) is 52.3 Å². The van der Waals surface area contributed by atoms with Crippen LogP contribution in [0.25, 0.3) is 5.57 Å². The van der Waals surface area contributed by atoms with Crippen LogP contribution in [-0.4, -0.2) is 5.78 Å². The molecule has 0 amide bonds. The zero-order chi connectivity index (χ0) is 13.0. The highest BCUT2D eigenvalue weighted by atomic mass is 32.1. The van der Waals surface area contributed by atoms with E-state index in [1.807, 2.05) is 17.5 Å². The van der Waals surface area contributed by atoms with Crippen LogP contribution in [-0.2, 0) is 4.79 Å². The summed E-state index contributed by atoms with van der Waals surface area (Å²) in [4.78, 5) is 13.3. The molecule has 2 rings (SSSR count). The summed E-state index contributed by atoms with van der Waals surface area (Å²) in [7, 11) is 0. The summed E-state index contributed by atoms with van der Waals surface area (Å²) in [6.07, 6.45) is 7.47. The van der Waals surface area contributed by atoms with Gasteiger partial charge in [-0.3, -0.25) is 4.79 Å². The molecule has 0 spiro atoms. The Hall–Kier alpha value is -1.41. The molecule has 1 aliphatic rings. The SMILES string of the molecule is C=C(CCC(=O)C1=C(C)CCC=C1)c1cccs1. The van der Waals surface area contributed by atoms with Crippen LogP contribution in [0.15, 0.2) is 47.4 Å². The minimum absolute atomic E-state index is 0.251. The highest BCUT2D eigenvalue weighted by Crippen LogP contribution is 2.25. The summed E-state index contributed by atoms with van der Waals surface area (Å²) < 4.78 is 0. The van der Waals surface area contributed by atoms with Gasteiger partial charge in [-0.05, 0) is 43.2 Å². The van der Waals surface area contributed by atoms with Crippen molar-refractivity contribution in [3.63, 3.8) is 0 Å². The van der Waals surface area contributed by atoms with Crippen LogP contribution >= 0.6 is 11.3 Å². The van der Waals surface area contributed by atoms with Crippen LogP contribution < -0.4 is 0 Å². The number of allylic oxidation sites excluding steroid dienone is 5. The van der Waals surface area contributed by atoms with E-state index in [4.69, 9.17) is 0 Å². The molecule has 0 aliphatic heterocycles. The number of Topliss-reactive ketones (excluding diaryl/α,β-unsaturated/α-hetero) is 1. The first-order chi connectivity index (χ1) is 8.68. The first-order valence-electron chi connectivity index (χ1n) is 6.29. The Balaban J connectivity index is 1.93. The number of hydrogen-bond donors (Lipinski definition) is 0. The van der Waals surface area contributed by atoms with Crippen molar-refractivity contribution in [2.75, 3.05) is 0 Å². The van der Waals surface area contributed by atoms with E-state index in [1.54, 1.807) is 11.3 Å². The molecule has 1 aliphatic carbocycles. The number of carbonyl (C=O) groups excluding carboxylic acids is 1. The van der Waals surface area contributed by atoms with Crippen LogP contribution in [0.2, 0.25) is 0 Å². The fourth-order valence-electron chi connectivity index (χ4n) is 2.11. The van der Waals surface area contributed by atoms with E-state index in [0.29, 0.717) is 6.42 Å². The maximum atomic E-state index is 12.1. The quantitative estimate of drug-likeness (QED) is 0.743. The molecule has 0 saturated heterocycles.